The molecule has 0 aromatic heterocycles. The van der Waals surface area contributed by atoms with E-state index < -0.39 is 60.2 Å². The van der Waals surface area contributed by atoms with Crippen molar-refractivity contribution in [1.82, 2.24) is 16.0 Å². The molecule has 0 fully saturated rings. The molecule has 0 spiro atoms. The van der Waals surface area contributed by atoms with Gasteiger partial charge in [-0.1, -0.05) is 77.0 Å². The minimum absolute atomic E-state index is 0.0583. The van der Waals surface area contributed by atoms with E-state index in [1.54, 1.807) is 0 Å². The van der Waals surface area contributed by atoms with Gasteiger partial charge in [-0.05, 0) is 39.0 Å². The third kappa shape index (κ3) is 25.3. The molecular weight excluding hydrogens is 626 g/mol. The second-order valence-corrected chi connectivity index (χ2v) is 12.3. The summed E-state index contributed by atoms with van der Waals surface area (Å²) in [4.78, 5) is 92.8. The van der Waals surface area contributed by atoms with Crippen LogP contribution in [0.25, 0.3) is 0 Å². The number of rotatable bonds is 32. The van der Waals surface area contributed by atoms with Crippen molar-refractivity contribution in [3.8, 4) is 0 Å². The van der Waals surface area contributed by atoms with Crippen LogP contribution in [0.2, 0.25) is 0 Å². The van der Waals surface area contributed by atoms with E-state index in [2.05, 4.69) is 16.0 Å². The first-order valence-electron chi connectivity index (χ1n) is 17.4. The van der Waals surface area contributed by atoms with Crippen LogP contribution in [-0.2, 0) is 38.4 Å². The minimum atomic E-state index is -1.48. The van der Waals surface area contributed by atoms with Crippen LogP contribution in [0.4, 0.5) is 0 Å². The van der Waals surface area contributed by atoms with Crippen molar-refractivity contribution in [1.29, 1.82) is 0 Å². The molecule has 0 rings (SSSR count). The van der Waals surface area contributed by atoms with Crippen molar-refractivity contribution in [3.63, 3.8) is 0 Å². The molecule has 0 bridgehead atoms. The van der Waals surface area contributed by atoms with E-state index in [0.29, 0.717) is 12.8 Å². The van der Waals surface area contributed by atoms with Crippen molar-refractivity contribution in [3.05, 3.63) is 0 Å². The zero-order valence-electron chi connectivity index (χ0n) is 28.5. The van der Waals surface area contributed by atoms with Gasteiger partial charge in [-0.25, -0.2) is 14.4 Å². The highest BCUT2D eigenvalue weighted by molar-refractivity contribution is 5.87. The lowest BCUT2D eigenvalue weighted by Gasteiger charge is -2.18. The molecule has 0 aliphatic rings. The minimum Gasteiger partial charge on any atom is -0.480 e. The first kappa shape index (κ1) is 44.2. The summed E-state index contributed by atoms with van der Waals surface area (Å²) in [5.74, 6) is -6.34. The zero-order valence-corrected chi connectivity index (χ0v) is 28.5. The van der Waals surface area contributed by atoms with Crippen molar-refractivity contribution in [2.75, 3.05) is 0 Å². The normalized spacial score (nSPS) is 12.7. The molecule has 0 heterocycles. The summed E-state index contributed by atoms with van der Waals surface area (Å²) in [5, 5.41) is 35.0. The van der Waals surface area contributed by atoms with Crippen LogP contribution in [0.15, 0.2) is 0 Å². The van der Waals surface area contributed by atoms with Crippen LogP contribution in [0, 0.1) is 0 Å². The molecule has 3 amide bonds. The highest BCUT2D eigenvalue weighted by atomic mass is 16.4. The Morgan fingerprint density at radius 3 is 1.06 bits per heavy atom. The largest absolute Gasteiger partial charge is 0.480 e. The molecule has 0 aromatic carbocycles. The predicted octanol–water partition coefficient (Wildman–Crippen LogP) is 4.06. The quantitative estimate of drug-likeness (QED) is 0.0437. The van der Waals surface area contributed by atoms with Crippen molar-refractivity contribution in [2.24, 2.45) is 0 Å². The topological polar surface area (TPSA) is 233 Å². The number of Topliss-reactive ketones (excluding diaryl/α,β-unsaturated/α-hetero) is 1. The lowest BCUT2D eigenvalue weighted by Crippen LogP contribution is -2.45. The third-order valence-electron chi connectivity index (χ3n) is 7.98. The number of carbonyl (C=O) groups excluding carboxylic acids is 5. The highest BCUT2D eigenvalue weighted by Crippen LogP contribution is 2.14. The maximum absolute atomic E-state index is 12.4. The van der Waals surface area contributed by atoms with E-state index in [1.807, 2.05) is 0 Å². The van der Waals surface area contributed by atoms with E-state index in [-0.39, 0.29) is 44.3 Å². The maximum atomic E-state index is 12.4. The molecular formula is C34H57N3O11. The molecule has 14 heteroatoms. The molecule has 1 unspecified atom stereocenters. The van der Waals surface area contributed by atoms with E-state index in [1.165, 1.54) is 51.9 Å². The first-order valence-corrected chi connectivity index (χ1v) is 17.4. The number of carboxylic acid groups (broad SMARTS) is 3. The standard InChI is InChI=1S/C34H57N3O11/c1-25(39)18-19-26(32(43)44)36-30(41)23-21-28(34(47)48)37-31(42)22-20-27(33(45)46)35-29(40)17-15-13-11-9-7-5-3-2-4-6-8-10-12-14-16-24-38/h24,26-28H,2-23H2,1H3,(H,35,40)(H,36,41)(H,37,42)(H,43,44)(H,45,46)(H,47,48)/t26-,27-,28?/m0/s1. The van der Waals surface area contributed by atoms with Gasteiger partial charge in [0, 0.05) is 32.1 Å². The highest BCUT2D eigenvalue weighted by Gasteiger charge is 2.26. The van der Waals surface area contributed by atoms with Gasteiger partial charge in [0.05, 0.1) is 0 Å². The summed E-state index contributed by atoms with van der Waals surface area (Å²) >= 11 is 0. The third-order valence-corrected chi connectivity index (χ3v) is 7.98. The molecule has 14 nitrogen and oxygen atoms in total. The molecule has 0 aromatic rings. The van der Waals surface area contributed by atoms with Gasteiger partial charge in [0.2, 0.25) is 17.7 Å². The fourth-order valence-corrected chi connectivity index (χ4v) is 5.10. The first-order chi connectivity index (χ1) is 22.9. The number of carbonyl (C=O) groups is 8. The lowest BCUT2D eigenvalue weighted by atomic mass is 10.0. The number of nitrogens with one attached hydrogen (secondary N) is 3. The Morgan fingerprint density at radius 2 is 0.750 bits per heavy atom. The predicted molar refractivity (Wildman–Crippen MR) is 177 cm³/mol. The Hall–Kier alpha value is -3.84. The van der Waals surface area contributed by atoms with Crippen LogP contribution in [0.5, 0.6) is 0 Å². The molecule has 0 aliphatic carbocycles. The van der Waals surface area contributed by atoms with Crippen molar-refractivity contribution in [2.45, 2.75) is 166 Å². The lowest BCUT2D eigenvalue weighted by molar-refractivity contribution is -0.144. The molecule has 48 heavy (non-hydrogen) atoms. The fourth-order valence-electron chi connectivity index (χ4n) is 5.10. The zero-order chi connectivity index (χ0) is 36.2. The summed E-state index contributed by atoms with van der Waals surface area (Å²) in [6, 6.07) is -4.13. The monoisotopic (exact) mass is 683 g/mol. The van der Waals surface area contributed by atoms with Crippen molar-refractivity contribution >= 4 is 47.7 Å². The molecule has 0 radical (unpaired) electrons. The number of carboxylic acids is 3. The van der Waals surface area contributed by atoms with Gasteiger partial charge in [0.1, 0.15) is 30.2 Å². The Bertz CT molecular complexity index is 1020. The molecule has 6 N–H and O–H groups in total. The summed E-state index contributed by atoms with van der Waals surface area (Å²) in [6.45, 7) is 1.28. The average Bonchev–Trinajstić information content (AvgIpc) is 3.02. The van der Waals surface area contributed by atoms with Crippen LogP contribution in [0.3, 0.4) is 0 Å². The van der Waals surface area contributed by atoms with Gasteiger partial charge < -0.3 is 40.9 Å². The number of aldehydes is 1. The molecule has 0 saturated heterocycles. The summed E-state index contributed by atoms with van der Waals surface area (Å²) in [7, 11) is 0. The number of amides is 3. The number of ketones is 1. The summed E-state index contributed by atoms with van der Waals surface area (Å²) < 4.78 is 0. The van der Waals surface area contributed by atoms with Crippen LogP contribution in [-0.4, -0.2) is 81.1 Å². The van der Waals surface area contributed by atoms with Crippen molar-refractivity contribution < 1.29 is 53.7 Å². The van der Waals surface area contributed by atoms with Gasteiger partial charge in [0.25, 0.3) is 0 Å². The second kappa shape index (κ2) is 28.2. The smallest absolute Gasteiger partial charge is 0.326 e. The number of unbranched alkanes of at least 4 members (excludes halogenated alkanes) is 14. The Labute approximate surface area is 283 Å². The van der Waals surface area contributed by atoms with E-state index in [9.17, 15) is 53.7 Å². The van der Waals surface area contributed by atoms with Crippen LogP contribution in [0.1, 0.15) is 148 Å². The number of hydrogen-bond donors (Lipinski definition) is 6. The Balaban J connectivity index is 4.24. The van der Waals surface area contributed by atoms with E-state index >= 15 is 0 Å². The molecule has 0 saturated carbocycles. The maximum Gasteiger partial charge on any atom is 0.326 e. The van der Waals surface area contributed by atoms with Crippen LogP contribution >= 0.6 is 0 Å². The van der Waals surface area contributed by atoms with Crippen LogP contribution < -0.4 is 16.0 Å². The average molecular weight is 684 g/mol. The van der Waals surface area contributed by atoms with Gasteiger partial charge in [-0.2, -0.15) is 0 Å². The Morgan fingerprint density at radius 1 is 0.458 bits per heavy atom. The number of hydrogen-bond acceptors (Lipinski definition) is 8. The summed E-state index contributed by atoms with van der Waals surface area (Å²) in [5.41, 5.74) is 0. The van der Waals surface area contributed by atoms with E-state index in [0.717, 1.165) is 44.8 Å². The molecule has 274 valence electrons. The van der Waals surface area contributed by atoms with Gasteiger partial charge in [-0.3, -0.25) is 14.4 Å². The van der Waals surface area contributed by atoms with E-state index in [4.69, 9.17) is 0 Å². The fraction of sp³-hybridized carbons (Fsp3) is 0.765. The Kier molecular flexibility index (Phi) is 25.9. The van der Waals surface area contributed by atoms with Gasteiger partial charge in [0.15, 0.2) is 0 Å². The summed E-state index contributed by atoms with van der Waals surface area (Å²) in [6.07, 6.45) is 15.6. The number of aliphatic carboxylic acids is 3. The van der Waals surface area contributed by atoms with Gasteiger partial charge >= 0.3 is 17.9 Å². The SMILES string of the molecule is CC(=O)CC[C@H](NC(=O)CCC(NC(=O)CC[C@H](NC(=O)CCCCCCCCCCCCCCCCC=O)C(=O)O)C(=O)O)C(=O)O. The molecule has 0 aliphatic heterocycles. The molecule has 3 atom stereocenters. The van der Waals surface area contributed by atoms with Gasteiger partial charge in [-0.15, -0.1) is 0 Å². The second-order valence-electron chi connectivity index (χ2n) is 12.3.